The van der Waals surface area contributed by atoms with Gasteiger partial charge < -0.3 is 24.4 Å². The van der Waals surface area contributed by atoms with Gasteiger partial charge in [-0.25, -0.2) is 9.37 Å². The highest BCUT2D eigenvalue weighted by atomic mass is 19.4. The van der Waals surface area contributed by atoms with Crippen LogP contribution in [0.1, 0.15) is 5.56 Å². The number of methoxy groups -OCH3 is 2. The third kappa shape index (κ3) is 4.19. The molecule has 1 aromatic heterocycles. The zero-order valence-corrected chi connectivity index (χ0v) is 15.1. The summed E-state index contributed by atoms with van der Waals surface area (Å²) < 4.78 is 68.6. The molecule has 1 aliphatic heterocycles. The molecule has 0 amide bonds. The highest BCUT2D eigenvalue weighted by Gasteiger charge is 2.36. The predicted octanol–water partition coefficient (Wildman–Crippen LogP) is 3.23. The van der Waals surface area contributed by atoms with Crippen LogP contribution in [0.2, 0.25) is 0 Å². The van der Waals surface area contributed by atoms with Crippen molar-refractivity contribution in [1.82, 2.24) is 9.97 Å². The molecule has 1 saturated heterocycles. The molecule has 0 radical (unpaired) electrons. The van der Waals surface area contributed by atoms with E-state index < -0.39 is 23.4 Å². The second-order valence-corrected chi connectivity index (χ2v) is 5.84. The van der Waals surface area contributed by atoms with Gasteiger partial charge in [-0.05, 0) is 0 Å². The van der Waals surface area contributed by atoms with Gasteiger partial charge in [-0.3, -0.25) is 0 Å². The van der Waals surface area contributed by atoms with Crippen molar-refractivity contribution in [2.45, 2.75) is 6.18 Å². The van der Waals surface area contributed by atoms with Crippen molar-refractivity contribution in [3.8, 4) is 11.6 Å². The number of rotatable bonds is 5. The topological polar surface area (TPSA) is 68.7 Å². The van der Waals surface area contributed by atoms with Crippen LogP contribution in [0.5, 0.6) is 11.6 Å². The first kappa shape index (κ1) is 19.9. The van der Waals surface area contributed by atoms with Gasteiger partial charge in [0.2, 0.25) is 11.8 Å². The summed E-state index contributed by atoms with van der Waals surface area (Å²) in [5.41, 5.74) is -0.600. The largest absolute Gasteiger partial charge is 0.494 e. The lowest BCUT2D eigenvalue weighted by Gasteiger charge is -2.29. The Labute approximate surface area is 158 Å². The average molecular weight is 402 g/mol. The molecular weight excluding hydrogens is 384 g/mol. The molecular formula is C17H18F4N4O3. The average Bonchev–Trinajstić information content (AvgIpc) is 2.68. The molecule has 0 saturated carbocycles. The van der Waals surface area contributed by atoms with Crippen molar-refractivity contribution in [2.24, 2.45) is 0 Å². The first-order valence-corrected chi connectivity index (χ1v) is 8.29. The van der Waals surface area contributed by atoms with Crippen molar-refractivity contribution in [3.63, 3.8) is 0 Å². The van der Waals surface area contributed by atoms with E-state index >= 15 is 0 Å². The van der Waals surface area contributed by atoms with Crippen molar-refractivity contribution < 1.29 is 31.8 Å². The van der Waals surface area contributed by atoms with Gasteiger partial charge in [0.15, 0.2) is 0 Å². The Hall–Kier alpha value is -2.82. The summed E-state index contributed by atoms with van der Waals surface area (Å²) in [6, 6.07) is 2.68. The summed E-state index contributed by atoms with van der Waals surface area (Å²) in [7, 11) is 2.47. The maximum atomic E-state index is 14.6. The standard InChI is InChI=1S/C17H18F4N4O3/c1-26-14-8-13(25-3-5-28-6-4-25)11(18)7-12(14)23-16-22-9-10(17(19,20)21)15(24-16)27-2/h7-9H,3-6H2,1-2H3,(H,22,23,24). The Morgan fingerprint density at radius 2 is 1.86 bits per heavy atom. The molecule has 2 aromatic rings. The van der Waals surface area contributed by atoms with Crippen LogP contribution in [0.25, 0.3) is 0 Å². The second-order valence-electron chi connectivity index (χ2n) is 5.84. The summed E-state index contributed by atoms with van der Waals surface area (Å²) in [5, 5.41) is 2.67. The summed E-state index contributed by atoms with van der Waals surface area (Å²) in [6.45, 7) is 2.04. The lowest BCUT2D eigenvalue weighted by Crippen LogP contribution is -2.36. The van der Waals surface area contributed by atoms with Crippen LogP contribution in [0.3, 0.4) is 0 Å². The molecule has 1 aromatic carbocycles. The number of morpholine rings is 1. The van der Waals surface area contributed by atoms with E-state index in [1.807, 2.05) is 4.90 Å². The molecule has 1 fully saturated rings. The van der Waals surface area contributed by atoms with E-state index in [0.717, 1.165) is 7.11 Å². The van der Waals surface area contributed by atoms with Gasteiger partial charge in [0, 0.05) is 31.4 Å². The van der Waals surface area contributed by atoms with E-state index in [-0.39, 0.29) is 17.4 Å². The third-order valence-electron chi connectivity index (χ3n) is 4.12. The minimum Gasteiger partial charge on any atom is -0.494 e. The summed E-state index contributed by atoms with van der Waals surface area (Å²) >= 11 is 0. The van der Waals surface area contributed by atoms with Crippen molar-refractivity contribution >= 4 is 17.3 Å². The first-order valence-electron chi connectivity index (χ1n) is 8.29. The van der Waals surface area contributed by atoms with Gasteiger partial charge in [0.25, 0.3) is 0 Å². The Kier molecular flexibility index (Phi) is 5.73. The van der Waals surface area contributed by atoms with Crippen molar-refractivity contribution in [3.05, 3.63) is 29.7 Å². The van der Waals surface area contributed by atoms with Gasteiger partial charge in [0.1, 0.15) is 17.1 Å². The van der Waals surface area contributed by atoms with E-state index in [2.05, 4.69) is 15.3 Å². The van der Waals surface area contributed by atoms with Crippen LogP contribution in [0.4, 0.5) is 34.9 Å². The molecule has 0 aliphatic carbocycles. The SMILES string of the molecule is COc1cc(N2CCOCC2)c(F)cc1Nc1ncc(C(F)(F)F)c(OC)n1. The van der Waals surface area contributed by atoms with Crippen LogP contribution < -0.4 is 19.7 Å². The smallest absolute Gasteiger partial charge is 0.423 e. The van der Waals surface area contributed by atoms with Gasteiger partial charge in [-0.2, -0.15) is 18.2 Å². The molecule has 3 rings (SSSR count). The Balaban J connectivity index is 1.90. The number of hydrogen-bond donors (Lipinski definition) is 1. The van der Waals surface area contributed by atoms with Gasteiger partial charge >= 0.3 is 6.18 Å². The molecule has 2 heterocycles. The van der Waals surface area contributed by atoms with Gasteiger partial charge in [-0.15, -0.1) is 0 Å². The maximum absolute atomic E-state index is 14.6. The molecule has 0 bridgehead atoms. The molecule has 28 heavy (non-hydrogen) atoms. The van der Waals surface area contributed by atoms with Crippen molar-refractivity contribution in [1.29, 1.82) is 0 Å². The molecule has 152 valence electrons. The molecule has 11 heteroatoms. The quantitative estimate of drug-likeness (QED) is 0.770. The Morgan fingerprint density at radius 1 is 1.14 bits per heavy atom. The van der Waals surface area contributed by atoms with Crippen LogP contribution >= 0.6 is 0 Å². The van der Waals surface area contributed by atoms with Gasteiger partial charge in [-0.1, -0.05) is 0 Å². The number of ether oxygens (including phenoxy) is 3. The number of anilines is 3. The number of benzene rings is 1. The zero-order chi connectivity index (χ0) is 20.3. The normalized spacial score (nSPS) is 14.7. The van der Waals surface area contributed by atoms with E-state index in [0.29, 0.717) is 38.2 Å². The fourth-order valence-electron chi connectivity index (χ4n) is 2.75. The lowest BCUT2D eigenvalue weighted by atomic mass is 10.2. The Bertz CT molecular complexity index is 842. The molecule has 1 aliphatic rings. The highest BCUT2D eigenvalue weighted by Crippen LogP contribution is 2.37. The first-order chi connectivity index (χ1) is 13.3. The number of aromatic nitrogens is 2. The second kappa shape index (κ2) is 8.05. The van der Waals surface area contributed by atoms with E-state index in [9.17, 15) is 17.6 Å². The van der Waals surface area contributed by atoms with Crippen molar-refractivity contribution in [2.75, 3.05) is 50.7 Å². The molecule has 0 spiro atoms. The van der Waals surface area contributed by atoms with E-state index in [4.69, 9.17) is 14.2 Å². The number of nitrogens with zero attached hydrogens (tertiary/aromatic N) is 3. The van der Waals surface area contributed by atoms with Crippen LogP contribution in [-0.4, -0.2) is 50.5 Å². The Morgan fingerprint density at radius 3 is 2.46 bits per heavy atom. The minimum absolute atomic E-state index is 0.166. The fraction of sp³-hybridized carbons (Fsp3) is 0.412. The number of nitrogens with one attached hydrogen (secondary N) is 1. The third-order valence-corrected chi connectivity index (χ3v) is 4.12. The number of alkyl halides is 3. The maximum Gasteiger partial charge on any atom is 0.423 e. The fourth-order valence-corrected chi connectivity index (χ4v) is 2.75. The van der Waals surface area contributed by atoms with Crippen LogP contribution in [-0.2, 0) is 10.9 Å². The molecule has 1 N–H and O–H groups in total. The number of hydrogen-bond acceptors (Lipinski definition) is 7. The van der Waals surface area contributed by atoms with Crippen LogP contribution in [0, 0.1) is 5.82 Å². The van der Waals surface area contributed by atoms with Crippen LogP contribution in [0.15, 0.2) is 18.3 Å². The minimum atomic E-state index is -4.66. The van der Waals surface area contributed by atoms with E-state index in [1.165, 1.54) is 19.2 Å². The molecule has 0 unspecified atom stereocenters. The summed E-state index contributed by atoms with van der Waals surface area (Å²) in [6.07, 6.45) is -4.06. The van der Waals surface area contributed by atoms with Gasteiger partial charge in [0.05, 0.1) is 38.8 Å². The summed E-state index contributed by atoms with van der Waals surface area (Å²) in [5.74, 6) is -1.08. The molecule has 7 nitrogen and oxygen atoms in total. The predicted molar refractivity (Wildman–Crippen MR) is 92.9 cm³/mol. The monoisotopic (exact) mass is 402 g/mol. The highest BCUT2D eigenvalue weighted by molar-refractivity contribution is 5.69. The lowest BCUT2D eigenvalue weighted by molar-refractivity contribution is -0.139. The number of halogens is 4. The molecule has 0 atom stereocenters. The zero-order valence-electron chi connectivity index (χ0n) is 15.1. The van der Waals surface area contributed by atoms with E-state index in [1.54, 1.807) is 0 Å². The summed E-state index contributed by atoms with van der Waals surface area (Å²) in [4.78, 5) is 9.16.